The van der Waals surface area contributed by atoms with Gasteiger partial charge in [0, 0.05) is 12.6 Å². The van der Waals surface area contributed by atoms with Crippen molar-refractivity contribution in [2.75, 3.05) is 5.32 Å². The minimum Gasteiger partial charge on any atom is -0.424 e. The molecule has 0 saturated carbocycles. The molecule has 0 aliphatic heterocycles. The second kappa shape index (κ2) is 5.70. The number of hydrogen-bond acceptors (Lipinski definition) is 5. The third kappa shape index (κ3) is 4.12. The molecule has 2 aromatic rings. The van der Waals surface area contributed by atoms with Crippen LogP contribution in [0.1, 0.15) is 11.8 Å². The van der Waals surface area contributed by atoms with Crippen molar-refractivity contribution in [2.45, 2.75) is 19.8 Å². The lowest BCUT2D eigenvalue weighted by molar-refractivity contribution is -0.274. The summed E-state index contributed by atoms with van der Waals surface area (Å²) in [5.74, 6) is 0.517. The molecule has 0 aliphatic rings. The molecule has 0 fully saturated rings. The van der Waals surface area contributed by atoms with Gasteiger partial charge < -0.3 is 14.5 Å². The summed E-state index contributed by atoms with van der Waals surface area (Å²) >= 11 is 3.01. The van der Waals surface area contributed by atoms with Gasteiger partial charge in [-0.25, -0.2) is 0 Å². The Bertz CT molecular complexity index is 601. The number of nitrogens with one attached hydrogen (secondary N) is 1. The van der Waals surface area contributed by atoms with Gasteiger partial charge in [-0.05, 0) is 34.1 Å². The van der Waals surface area contributed by atoms with Crippen molar-refractivity contribution < 1.29 is 22.3 Å². The molecule has 0 radical (unpaired) electrons. The number of halogens is 4. The molecule has 1 heterocycles. The smallest absolute Gasteiger partial charge is 0.424 e. The Morgan fingerprint density at radius 1 is 1.35 bits per heavy atom. The number of aromatic nitrogens is 2. The second-order valence-corrected chi connectivity index (χ2v) is 4.62. The van der Waals surface area contributed by atoms with Crippen LogP contribution < -0.4 is 10.1 Å². The molecule has 0 atom stereocenters. The number of benzene rings is 1. The van der Waals surface area contributed by atoms with E-state index in [4.69, 9.17) is 4.42 Å². The number of rotatable bonds is 4. The first-order valence-corrected chi connectivity index (χ1v) is 6.21. The lowest BCUT2D eigenvalue weighted by Gasteiger charge is -2.11. The van der Waals surface area contributed by atoms with E-state index in [2.05, 4.69) is 36.2 Å². The highest BCUT2D eigenvalue weighted by Gasteiger charge is 2.31. The number of ether oxygens (including phenoxy) is 1. The highest BCUT2D eigenvalue weighted by atomic mass is 79.9. The monoisotopic (exact) mass is 351 g/mol. The van der Waals surface area contributed by atoms with E-state index < -0.39 is 6.36 Å². The number of aryl methyl sites for hydroxylation is 1. The normalized spacial score (nSPS) is 11.4. The Morgan fingerprint density at radius 2 is 2.10 bits per heavy atom. The van der Waals surface area contributed by atoms with E-state index in [9.17, 15) is 13.2 Å². The molecule has 1 aromatic carbocycles. The van der Waals surface area contributed by atoms with Gasteiger partial charge in [-0.15, -0.1) is 23.4 Å². The summed E-state index contributed by atoms with van der Waals surface area (Å²) in [5, 5.41) is 10.4. The molecule has 0 amide bonds. The van der Waals surface area contributed by atoms with Crippen LogP contribution in [0.4, 0.5) is 18.9 Å². The first kappa shape index (κ1) is 14.6. The zero-order valence-corrected chi connectivity index (χ0v) is 11.7. The van der Waals surface area contributed by atoms with Gasteiger partial charge in [0.15, 0.2) is 0 Å². The van der Waals surface area contributed by atoms with Gasteiger partial charge in [0.05, 0.1) is 11.0 Å². The van der Waals surface area contributed by atoms with Crippen LogP contribution in [0.2, 0.25) is 0 Å². The molecular weight excluding hydrogens is 343 g/mol. The van der Waals surface area contributed by atoms with E-state index >= 15 is 0 Å². The third-order valence-corrected chi connectivity index (χ3v) is 2.79. The Kier molecular flexibility index (Phi) is 4.17. The molecule has 9 heteroatoms. The van der Waals surface area contributed by atoms with Crippen LogP contribution in [-0.2, 0) is 6.54 Å². The molecule has 0 unspecified atom stereocenters. The predicted octanol–water partition coefficient (Wildman–Crippen LogP) is 3.65. The van der Waals surface area contributed by atoms with Gasteiger partial charge in [-0.1, -0.05) is 0 Å². The lowest BCUT2D eigenvalue weighted by atomic mass is 10.3. The van der Waals surface area contributed by atoms with Gasteiger partial charge >= 0.3 is 6.36 Å². The van der Waals surface area contributed by atoms with E-state index in [0.29, 0.717) is 17.5 Å². The maximum atomic E-state index is 12.1. The largest absolute Gasteiger partial charge is 0.573 e. The molecule has 0 bridgehead atoms. The van der Waals surface area contributed by atoms with Crippen molar-refractivity contribution in [3.05, 3.63) is 34.5 Å². The molecule has 5 nitrogen and oxygen atoms in total. The molecule has 1 aromatic heterocycles. The molecule has 0 spiro atoms. The third-order valence-electron chi connectivity index (χ3n) is 2.17. The van der Waals surface area contributed by atoms with E-state index in [1.54, 1.807) is 6.92 Å². The van der Waals surface area contributed by atoms with Gasteiger partial charge in [-0.3, -0.25) is 0 Å². The standard InChI is InChI=1S/C11H9BrF3N3O2/c1-6-17-18-10(19-6)5-16-7-2-3-9(8(12)4-7)20-11(13,14)15/h2-4,16H,5H2,1H3. The van der Waals surface area contributed by atoms with Crippen LogP contribution in [0.3, 0.4) is 0 Å². The molecular formula is C11H9BrF3N3O2. The zero-order chi connectivity index (χ0) is 14.8. The van der Waals surface area contributed by atoms with Crippen LogP contribution in [0.5, 0.6) is 5.75 Å². The Hall–Kier alpha value is -1.77. The summed E-state index contributed by atoms with van der Waals surface area (Å²) in [6.45, 7) is 1.93. The van der Waals surface area contributed by atoms with E-state index in [1.165, 1.54) is 18.2 Å². The van der Waals surface area contributed by atoms with Crippen molar-refractivity contribution in [3.63, 3.8) is 0 Å². The number of alkyl halides is 3. The summed E-state index contributed by atoms with van der Waals surface area (Å²) < 4.78 is 45.5. The summed E-state index contributed by atoms with van der Waals surface area (Å²) in [4.78, 5) is 0. The summed E-state index contributed by atoms with van der Waals surface area (Å²) in [7, 11) is 0. The fourth-order valence-electron chi connectivity index (χ4n) is 1.40. The summed E-state index contributed by atoms with van der Waals surface area (Å²) in [6, 6.07) is 4.12. The Balaban J connectivity index is 2.01. The van der Waals surface area contributed by atoms with E-state index in [-0.39, 0.29) is 16.8 Å². The highest BCUT2D eigenvalue weighted by molar-refractivity contribution is 9.10. The average molecular weight is 352 g/mol. The second-order valence-electron chi connectivity index (χ2n) is 3.76. The number of nitrogens with zero attached hydrogens (tertiary/aromatic N) is 2. The fraction of sp³-hybridized carbons (Fsp3) is 0.273. The Morgan fingerprint density at radius 3 is 2.65 bits per heavy atom. The van der Waals surface area contributed by atoms with Crippen LogP contribution in [-0.4, -0.2) is 16.6 Å². The molecule has 2 rings (SSSR count). The van der Waals surface area contributed by atoms with E-state index in [0.717, 1.165) is 0 Å². The summed E-state index contributed by atoms with van der Waals surface area (Å²) in [5.41, 5.74) is 0.585. The molecule has 0 saturated heterocycles. The van der Waals surface area contributed by atoms with Gasteiger partial charge in [0.2, 0.25) is 11.8 Å². The van der Waals surface area contributed by atoms with Crippen molar-refractivity contribution in [1.29, 1.82) is 0 Å². The van der Waals surface area contributed by atoms with Crippen LogP contribution in [0.15, 0.2) is 27.1 Å². The van der Waals surface area contributed by atoms with Crippen LogP contribution >= 0.6 is 15.9 Å². The first-order valence-electron chi connectivity index (χ1n) is 5.41. The predicted molar refractivity (Wildman–Crippen MR) is 67.2 cm³/mol. The molecule has 20 heavy (non-hydrogen) atoms. The Labute approximate surface area is 120 Å². The first-order chi connectivity index (χ1) is 9.33. The minimum atomic E-state index is -4.72. The highest BCUT2D eigenvalue weighted by Crippen LogP contribution is 2.32. The van der Waals surface area contributed by atoms with Crippen molar-refractivity contribution in [2.24, 2.45) is 0 Å². The SMILES string of the molecule is Cc1nnc(CNc2ccc(OC(F)(F)F)c(Br)c2)o1. The van der Waals surface area contributed by atoms with Gasteiger partial charge in [0.25, 0.3) is 0 Å². The van der Waals surface area contributed by atoms with Gasteiger partial charge in [-0.2, -0.15) is 0 Å². The van der Waals surface area contributed by atoms with Crippen molar-refractivity contribution >= 4 is 21.6 Å². The molecule has 1 N–H and O–H groups in total. The number of anilines is 1. The quantitative estimate of drug-likeness (QED) is 0.910. The number of hydrogen-bond donors (Lipinski definition) is 1. The lowest BCUT2D eigenvalue weighted by Crippen LogP contribution is -2.17. The molecule has 108 valence electrons. The van der Waals surface area contributed by atoms with Crippen molar-refractivity contribution in [1.82, 2.24) is 10.2 Å². The minimum absolute atomic E-state index is 0.182. The zero-order valence-electron chi connectivity index (χ0n) is 10.2. The van der Waals surface area contributed by atoms with E-state index in [1.807, 2.05) is 0 Å². The fourth-order valence-corrected chi connectivity index (χ4v) is 1.86. The maximum absolute atomic E-state index is 12.1. The maximum Gasteiger partial charge on any atom is 0.573 e. The topological polar surface area (TPSA) is 60.2 Å². The summed E-state index contributed by atoms with van der Waals surface area (Å²) in [6.07, 6.45) is -4.72. The molecule has 0 aliphatic carbocycles. The average Bonchev–Trinajstić information content (AvgIpc) is 2.74. The van der Waals surface area contributed by atoms with Crippen LogP contribution in [0.25, 0.3) is 0 Å². The van der Waals surface area contributed by atoms with Crippen LogP contribution in [0, 0.1) is 6.92 Å². The van der Waals surface area contributed by atoms with Gasteiger partial charge in [0.1, 0.15) is 5.75 Å². The van der Waals surface area contributed by atoms with Crippen molar-refractivity contribution in [3.8, 4) is 5.75 Å².